The van der Waals surface area contributed by atoms with Gasteiger partial charge >= 0.3 is 0 Å². The summed E-state index contributed by atoms with van der Waals surface area (Å²) in [7, 11) is 0. The smallest absolute Gasteiger partial charge is 0.0487 e. The zero-order valence-electron chi connectivity index (χ0n) is 11.9. The maximum absolute atomic E-state index is 6.53. The van der Waals surface area contributed by atoms with E-state index in [4.69, 9.17) is 11.6 Å². The van der Waals surface area contributed by atoms with Crippen LogP contribution in [0.15, 0.2) is 53.0 Å². The molecule has 0 atom stereocenters. The topological polar surface area (TPSA) is 0 Å². The summed E-state index contributed by atoms with van der Waals surface area (Å²) in [5, 5.41) is 3.21. The minimum atomic E-state index is -0.0257. The van der Waals surface area contributed by atoms with Gasteiger partial charge in [0.1, 0.15) is 0 Å². The van der Waals surface area contributed by atoms with Crippen LogP contribution in [0.2, 0.25) is 5.02 Å². The van der Waals surface area contributed by atoms with Gasteiger partial charge in [-0.15, -0.1) is 0 Å². The molecule has 21 heavy (non-hydrogen) atoms. The van der Waals surface area contributed by atoms with Gasteiger partial charge in [0.2, 0.25) is 0 Å². The Morgan fingerprint density at radius 2 is 1.62 bits per heavy atom. The van der Waals surface area contributed by atoms with Gasteiger partial charge < -0.3 is 0 Å². The quantitative estimate of drug-likeness (QED) is 0.427. The molecule has 0 saturated heterocycles. The molecule has 0 bridgehead atoms. The first-order valence-corrected chi connectivity index (χ1v) is 8.19. The van der Waals surface area contributed by atoms with Crippen molar-refractivity contribution in [1.82, 2.24) is 0 Å². The predicted octanol–water partition coefficient (Wildman–Crippen LogP) is 6.56. The highest BCUT2D eigenvalue weighted by Gasteiger charge is 2.37. The summed E-state index contributed by atoms with van der Waals surface area (Å²) >= 11 is 10.1. The van der Waals surface area contributed by atoms with E-state index in [1.54, 1.807) is 0 Å². The van der Waals surface area contributed by atoms with Crippen molar-refractivity contribution < 1.29 is 0 Å². The maximum atomic E-state index is 6.53. The monoisotopic (exact) mass is 356 g/mol. The van der Waals surface area contributed by atoms with Crippen LogP contribution >= 0.6 is 27.5 Å². The summed E-state index contributed by atoms with van der Waals surface area (Å²) in [5.74, 6) is 0. The van der Waals surface area contributed by atoms with E-state index in [2.05, 4.69) is 72.2 Å². The Labute approximate surface area is 137 Å². The van der Waals surface area contributed by atoms with Crippen molar-refractivity contribution >= 4 is 38.3 Å². The van der Waals surface area contributed by atoms with Crippen LogP contribution in [0.3, 0.4) is 0 Å². The fourth-order valence-electron chi connectivity index (χ4n) is 3.51. The molecule has 4 rings (SSSR count). The van der Waals surface area contributed by atoms with Gasteiger partial charge in [0.15, 0.2) is 0 Å². The highest BCUT2D eigenvalue weighted by Crippen LogP contribution is 2.52. The van der Waals surface area contributed by atoms with Gasteiger partial charge in [0, 0.05) is 20.3 Å². The van der Waals surface area contributed by atoms with E-state index in [0.29, 0.717) is 0 Å². The average Bonchev–Trinajstić information content (AvgIpc) is 2.68. The second kappa shape index (κ2) is 4.34. The van der Waals surface area contributed by atoms with E-state index in [9.17, 15) is 0 Å². The molecule has 0 aliphatic heterocycles. The Morgan fingerprint density at radius 3 is 2.38 bits per heavy atom. The number of hydrogen-bond donors (Lipinski definition) is 0. The highest BCUT2D eigenvalue weighted by atomic mass is 79.9. The van der Waals surface area contributed by atoms with Crippen molar-refractivity contribution in [2.75, 3.05) is 0 Å². The van der Waals surface area contributed by atoms with Crippen molar-refractivity contribution in [3.63, 3.8) is 0 Å². The summed E-state index contributed by atoms with van der Waals surface area (Å²) in [4.78, 5) is 0. The molecule has 0 N–H and O–H groups in total. The summed E-state index contributed by atoms with van der Waals surface area (Å²) in [6, 6.07) is 17.1. The molecular formula is C19H14BrCl. The van der Waals surface area contributed by atoms with Crippen LogP contribution in [0.5, 0.6) is 0 Å². The van der Waals surface area contributed by atoms with Gasteiger partial charge in [-0.05, 0) is 45.8 Å². The Hall–Kier alpha value is -1.31. The number of rotatable bonds is 0. The first-order chi connectivity index (χ1) is 10.00. The molecule has 0 aromatic heterocycles. The van der Waals surface area contributed by atoms with E-state index in [1.165, 1.54) is 27.6 Å². The molecule has 0 saturated carbocycles. The van der Waals surface area contributed by atoms with Gasteiger partial charge in [-0.3, -0.25) is 0 Å². The summed E-state index contributed by atoms with van der Waals surface area (Å²) in [6.45, 7) is 4.55. The Kier molecular flexibility index (Phi) is 2.76. The molecule has 1 aliphatic rings. The lowest BCUT2D eigenvalue weighted by Gasteiger charge is -2.22. The molecule has 0 nitrogen and oxygen atoms in total. The van der Waals surface area contributed by atoms with Crippen LogP contribution < -0.4 is 0 Å². The van der Waals surface area contributed by atoms with Crippen molar-refractivity contribution in [1.29, 1.82) is 0 Å². The minimum Gasteiger partial charge on any atom is -0.0837 e. The fraction of sp³-hybridized carbons (Fsp3) is 0.158. The molecule has 104 valence electrons. The second-order valence-corrected chi connectivity index (χ2v) is 7.46. The molecule has 3 aromatic carbocycles. The molecule has 0 spiro atoms. The molecule has 2 heteroatoms. The molecule has 3 aromatic rings. The first kappa shape index (κ1) is 13.4. The number of halogens is 2. The van der Waals surface area contributed by atoms with E-state index in [1.807, 2.05) is 6.07 Å². The molecule has 0 heterocycles. The fourth-order valence-corrected chi connectivity index (χ4v) is 4.15. The van der Waals surface area contributed by atoms with Crippen molar-refractivity contribution in [2.24, 2.45) is 0 Å². The molecule has 0 radical (unpaired) electrons. The van der Waals surface area contributed by atoms with Crippen LogP contribution in [0.4, 0.5) is 0 Å². The molecular weight excluding hydrogens is 344 g/mol. The number of hydrogen-bond acceptors (Lipinski definition) is 0. The highest BCUT2D eigenvalue weighted by molar-refractivity contribution is 9.10. The van der Waals surface area contributed by atoms with E-state index < -0.39 is 0 Å². The lowest BCUT2D eigenvalue weighted by molar-refractivity contribution is 0.660. The molecule has 0 unspecified atom stereocenters. The summed E-state index contributed by atoms with van der Waals surface area (Å²) in [5.41, 5.74) is 5.31. The van der Waals surface area contributed by atoms with Crippen molar-refractivity contribution in [3.8, 4) is 11.1 Å². The van der Waals surface area contributed by atoms with Crippen LogP contribution in [-0.4, -0.2) is 0 Å². The largest absolute Gasteiger partial charge is 0.0837 e. The van der Waals surface area contributed by atoms with Gasteiger partial charge in [0.25, 0.3) is 0 Å². The van der Waals surface area contributed by atoms with Gasteiger partial charge in [0.05, 0.1) is 0 Å². The number of benzene rings is 3. The first-order valence-electron chi connectivity index (χ1n) is 7.02. The third-order valence-corrected chi connectivity index (χ3v) is 5.40. The normalized spacial score (nSPS) is 15.0. The zero-order valence-corrected chi connectivity index (χ0v) is 14.2. The molecule has 0 fully saturated rings. The van der Waals surface area contributed by atoms with E-state index in [0.717, 1.165) is 14.9 Å². The SMILES string of the molecule is CC1(C)c2cc(Br)ccc2-c2c1cc(Cl)c1ccccc21. The maximum Gasteiger partial charge on any atom is 0.0487 e. The van der Waals surface area contributed by atoms with Crippen LogP contribution in [-0.2, 0) is 5.41 Å². The Morgan fingerprint density at radius 1 is 0.905 bits per heavy atom. The van der Waals surface area contributed by atoms with Gasteiger partial charge in [-0.1, -0.05) is 71.7 Å². The minimum absolute atomic E-state index is 0.0257. The van der Waals surface area contributed by atoms with E-state index >= 15 is 0 Å². The molecule has 0 amide bonds. The average molecular weight is 358 g/mol. The Bertz CT molecular complexity index is 893. The third-order valence-electron chi connectivity index (χ3n) is 4.59. The van der Waals surface area contributed by atoms with Crippen LogP contribution in [0, 0.1) is 0 Å². The van der Waals surface area contributed by atoms with Gasteiger partial charge in [-0.2, -0.15) is 0 Å². The van der Waals surface area contributed by atoms with Crippen LogP contribution in [0.25, 0.3) is 21.9 Å². The second-order valence-electron chi connectivity index (χ2n) is 6.14. The Balaban J connectivity index is 2.22. The van der Waals surface area contributed by atoms with Gasteiger partial charge in [-0.25, -0.2) is 0 Å². The predicted molar refractivity (Wildman–Crippen MR) is 94.2 cm³/mol. The van der Waals surface area contributed by atoms with Crippen molar-refractivity contribution in [3.05, 3.63) is 69.2 Å². The zero-order chi connectivity index (χ0) is 14.8. The van der Waals surface area contributed by atoms with E-state index in [-0.39, 0.29) is 5.41 Å². The summed E-state index contributed by atoms with van der Waals surface area (Å²) < 4.78 is 1.12. The van der Waals surface area contributed by atoms with Crippen LogP contribution in [0.1, 0.15) is 25.0 Å². The summed E-state index contributed by atoms with van der Waals surface area (Å²) in [6.07, 6.45) is 0. The number of fused-ring (bicyclic) bond motifs is 5. The lowest BCUT2D eigenvalue weighted by atomic mass is 9.82. The standard InChI is InChI=1S/C19H14BrCl/c1-19(2)15-9-11(20)7-8-14(15)18-13-6-4-3-5-12(13)17(21)10-16(18)19/h3-10H,1-2H3. The van der Waals surface area contributed by atoms with Crippen molar-refractivity contribution in [2.45, 2.75) is 19.3 Å². The lowest BCUT2D eigenvalue weighted by Crippen LogP contribution is -2.15. The third kappa shape index (κ3) is 1.74. The molecule has 1 aliphatic carbocycles.